The Labute approximate surface area is 73.8 Å². The summed E-state index contributed by atoms with van der Waals surface area (Å²) in [7, 11) is 0. The third kappa shape index (κ3) is 1.26. The maximum atomic E-state index is 13.1. The van der Waals surface area contributed by atoms with Gasteiger partial charge in [0.05, 0.1) is 5.69 Å². The van der Waals surface area contributed by atoms with Gasteiger partial charge in [-0.05, 0) is 12.1 Å². The molecule has 0 aliphatic carbocycles. The largest absolute Gasteiger partial charge is 0.447 e. The zero-order valence-corrected chi connectivity index (χ0v) is 6.58. The summed E-state index contributed by atoms with van der Waals surface area (Å²) in [5.41, 5.74) is 0.519. The number of benzene rings is 1. The second-order valence-corrected chi connectivity index (χ2v) is 2.53. The molecule has 0 atom stereocenters. The Morgan fingerprint density at radius 1 is 1.46 bits per heavy atom. The highest BCUT2D eigenvalue weighted by Gasteiger charge is 2.15. The number of carbonyl (C=O) groups is 1. The number of carbonyl (C=O) groups excluding carboxylic acids is 1. The highest BCUT2D eigenvalue weighted by atomic mass is 19.1. The molecule has 1 N–H and O–H groups in total. The van der Waals surface area contributed by atoms with Crippen LogP contribution >= 0.6 is 0 Å². The van der Waals surface area contributed by atoms with Gasteiger partial charge in [0.15, 0.2) is 23.6 Å². The molecule has 66 valence electrons. The number of hydrogen-bond acceptors (Lipinski definition) is 3. The van der Waals surface area contributed by atoms with E-state index in [-0.39, 0.29) is 11.5 Å². The lowest BCUT2D eigenvalue weighted by atomic mass is 10.2. The van der Waals surface area contributed by atoms with E-state index in [9.17, 15) is 9.18 Å². The van der Waals surface area contributed by atoms with Crippen molar-refractivity contribution in [3.63, 3.8) is 0 Å². The van der Waals surface area contributed by atoms with E-state index < -0.39 is 5.82 Å². The van der Waals surface area contributed by atoms with Crippen LogP contribution in [0.2, 0.25) is 0 Å². The van der Waals surface area contributed by atoms with Gasteiger partial charge in [0.2, 0.25) is 0 Å². The maximum absolute atomic E-state index is 13.1. The Hall–Kier alpha value is -1.84. The number of nitrogens with one attached hydrogen (secondary N) is 1. The number of para-hydroxylation sites is 1. The molecule has 1 aromatic rings. The van der Waals surface area contributed by atoms with E-state index in [1.54, 1.807) is 12.1 Å². The van der Waals surface area contributed by atoms with Gasteiger partial charge in [0.25, 0.3) is 0 Å². The lowest BCUT2D eigenvalue weighted by Gasteiger charge is -2.16. The fraction of sp³-hybridized carbons (Fsp3) is 0. The van der Waals surface area contributed by atoms with Gasteiger partial charge in [0, 0.05) is 6.20 Å². The Morgan fingerprint density at radius 2 is 2.31 bits per heavy atom. The quantitative estimate of drug-likeness (QED) is 0.666. The van der Waals surface area contributed by atoms with Crippen molar-refractivity contribution in [2.24, 2.45) is 0 Å². The molecule has 1 aromatic carbocycles. The highest BCUT2D eigenvalue weighted by molar-refractivity contribution is 5.75. The van der Waals surface area contributed by atoms with Gasteiger partial charge in [-0.2, -0.15) is 0 Å². The normalized spacial score (nSPS) is 13.5. The summed E-state index contributed by atoms with van der Waals surface area (Å²) in [4.78, 5) is 10.3. The molecule has 0 saturated heterocycles. The van der Waals surface area contributed by atoms with E-state index in [1.165, 1.54) is 12.3 Å². The van der Waals surface area contributed by atoms with E-state index >= 15 is 0 Å². The average Bonchev–Trinajstić information content (AvgIpc) is 2.18. The van der Waals surface area contributed by atoms with Crippen LogP contribution in [-0.4, -0.2) is 6.29 Å². The first-order valence-corrected chi connectivity index (χ1v) is 3.69. The molecule has 4 heteroatoms. The van der Waals surface area contributed by atoms with E-state index in [0.717, 1.165) is 0 Å². The minimum absolute atomic E-state index is 0.0621. The summed E-state index contributed by atoms with van der Waals surface area (Å²) < 4.78 is 18.0. The van der Waals surface area contributed by atoms with Crippen molar-refractivity contribution in [2.45, 2.75) is 0 Å². The van der Waals surface area contributed by atoms with E-state index in [2.05, 4.69) is 5.32 Å². The van der Waals surface area contributed by atoms with Crippen molar-refractivity contribution in [1.29, 1.82) is 0 Å². The predicted molar refractivity (Wildman–Crippen MR) is 44.8 cm³/mol. The molecule has 0 unspecified atom stereocenters. The van der Waals surface area contributed by atoms with Crippen molar-refractivity contribution in [3.05, 3.63) is 36.0 Å². The summed E-state index contributed by atoms with van der Waals surface area (Å²) in [6, 6.07) is 4.50. The average molecular weight is 179 g/mol. The van der Waals surface area contributed by atoms with Crippen LogP contribution < -0.4 is 10.1 Å². The van der Waals surface area contributed by atoms with Gasteiger partial charge in [-0.3, -0.25) is 4.79 Å². The molecule has 1 heterocycles. The second-order valence-electron chi connectivity index (χ2n) is 2.53. The van der Waals surface area contributed by atoms with Gasteiger partial charge < -0.3 is 10.1 Å². The van der Waals surface area contributed by atoms with Crippen molar-refractivity contribution in [2.75, 3.05) is 5.32 Å². The second kappa shape index (κ2) is 2.90. The summed E-state index contributed by atoms with van der Waals surface area (Å²) in [6.07, 6.45) is 1.90. The number of allylic oxidation sites excluding steroid dienone is 1. The number of fused-ring (bicyclic) bond motifs is 1. The summed E-state index contributed by atoms with van der Waals surface area (Å²) in [6.45, 7) is 0. The van der Waals surface area contributed by atoms with Crippen molar-refractivity contribution in [1.82, 2.24) is 0 Å². The fourth-order valence-corrected chi connectivity index (χ4v) is 1.08. The monoisotopic (exact) mass is 179 g/mol. The number of hydrogen-bond donors (Lipinski definition) is 1. The van der Waals surface area contributed by atoms with Gasteiger partial charge in [0.1, 0.15) is 0 Å². The third-order valence-electron chi connectivity index (χ3n) is 1.67. The third-order valence-corrected chi connectivity index (χ3v) is 1.67. The van der Waals surface area contributed by atoms with Gasteiger partial charge >= 0.3 is 0 Å². The highest BCUT2D eigenvalue weighted by Crippen LogP contribution is 2.31. The fourth-order valence-electron chi connectivity index (χ4n) is 1.08. The Balaban J connectivity index is 2.44. The molecule has 3 nitrogen and oxygen atoms in total. The molecule has 13 heavy (non-hydrogen) atoms. The van der Waals surface area contributed by atoms with Crippen LogP contribution in [0, 0.1) is 5.82 Å². The SMILES string of the molecule is O=CC1=CNc2cccc(F)c2O1. The van der Waals surface area contributed by atoms with Crippen LogP contribution in [0.15, 0.2) is 30.2 Å². The number of halogens is 1. The summed E-state index contributed by atoms with van der Waals surface area (Å²) in [5.74, 6) is -0.359. The predicted octanol–water partition coefficient (Wildman–Crippen LogP) is 1.67. The van der Waals surface area contributed by atoms with Gasteiger partial charge in [-0.15, -0.1) is 0 Å². The molecule has 1 aliphatic rings. The number of aldehydes is 1. The zero-order chi connectivity index (χ0) is 9.26. The summed E-state index contributed by atoms with van der Waals surface area (Å²) in [5, 5.41) is 2.75. The lowest BCUT2D eigenvalue weighted by molar-refractivity contribution is -0.106. The molecular formula is C9H6FNO2. The van der Waals surface area contributed by atoms with Gasteiger partial charge in [-0.25, -0.2) is 4.39 Å². The number of anilines is 1. The summed E-state index contributed by atoms with van der Waals surface area (Å²) >= 11 is 0. The first-order chi connectivity index (χ1) is 6.31. The standard InChI is InChI=1S/C9H6FNO2/c10-7-2-1-3-8-9(7)13-6(5-12)4-11-8/h1-5,11H. The molecule has 2 rings (SSSR count). The van der Waals surface area contributed by atoms with Crippen molar-refractivity contribution in [3.8, 4) is 5.75 Å². The van der Waals surface area contributed by atoms with Crippen LogP contribution in [0.1, 0.15) is 0 Å². The number of ether oxygens (including phenoxy) is 1. The van der Waals surface area contributed by atoms with Crippen LogP contribution in [0.5, 0.6) is 5.75 Å². The minimum atomic E-state index is -0.488. The van der Waals surface area contributed by atoms with E-state index in [1.807, 2.05) is 0 Å². The smallest absolute Gasteiger partial charge is 0.186 e. The Bertz CT molecular complexity index is 387. The van der Waals surface area contributed by atoms with Crippen LogP contribution in [0.3, 0.4) is 0 Å². The molecular weight excluding hydrogens is 173 g/mol. The van der Waals surface area contributed by atoms with Crippen LogP contribution in [0.25, 0.3) is 0 Å². The Morgan fingerprint density at radius 3 is 3.08 bits per heavy atom. The number of rotatable bonds is 1. The maximum Gasteiger partial charge on any atom is 0.186 e. The molecule has 0 amide bonds. The molecule has 0 fully saturated rings. The molecule has 0 radical (unpaired) electrons. The topological polar surface area (TPSA) is 38.3 Å². The van der Waals surface area contributed by atoms with E-state index in [0.29, 0.717) is 12.0 Å². The lowest BCUT2D eigenvalue weighted by Crippen LogP contribution is -2.09. The van der Waals surface area contributed by atoms with Gasteiger partial charge in [-0.1, -0.05) is 6.07 Å². The Kier molecular flexibility index (Phi) is 1.73. The molecule has 0 spiro atoms. The van der Waals surface area contributed by atoms with Crippen molar-refractivity contribution >= 4 is 12.0 Å². The molecule has 1 aliphatic heterocycles. The van der Waals surface area contributed by atoms with E-state index in [4.69, 9.17) is 4.74 Å². The first-order valence-electron chi connectivity index (χ1n) is 3.69. The molecule has 0 saturated carbocycles. The minimum Gasteiger partial charge on any atom is -0.447 e. The van der Waals surface area contributed by atoms with Crippen LogP contribution in [0.4, 0.5) is 10.1 Å². The van der Waals surface area contributed by atoms with Crippen molar-refractivity contribution < 1.29 is 13.9 Å². The van der Waals surface area contributed by atoms with Crippen LogP contribution in [-0.2, 0) is 4.79 Å². The zero-order valence-electron chi connectivity index (χ0n) is 6.58. The first kappa shape index (κ1) is 7.79. The molecule has 0 aromatic heterocycles. The molecule has 0 bridgehead atoms.